The third-order valence-corrected chi connectivity index (χ3v) is 5.30. The fourth-order valence-corrected chi connectivity index (χ4v) is 3.58. The molecule has 1 aliphatic heterocycles. The number of carbonyl (C=O) groups is 2. The SMILES string of the molecule is COc1ccc(C(=O)Nc2nnc(CC(=O)NN=Cc3cc4c(cc3[N+](=O)[O-])OCO4)s2)cc1. The molecule has 0 aliphatic carbocycles. The lowest BCUT2D eigenvalue weighted by molar-refractivity contribution is -0.385. The van der Waals surface area contributed by atoms with Gasteiger partial charge in [0.15, 0.2) is 11.5 Å². The van der Waals surface area contributed by atoms with E-state index in [2.05, 4.69) is 26.0 Å². The highest BCUT2D eigenvalue weighted by Crippen LogP contribution is 2.37. The zero-order valence-corrected chi connectivity index (χ0v) is 18.3. The quantitative estimate of drug-likeness (QED) is 0.276. The number of hydrazone groups is 1. The zero-order chi connectivity index (χ0) is 24.1. The maximum atomic E-state index is 12.3. The minimum Gasteiger partial charge on any atom is -0.497 e. The number of nitro groups is 1. The Morgan fingerprint density at radius 1 is 1.24 bits per heavy atom. The molecule has 0 spiro atoms. The number of amides is 2. The van der Waals surface area contributed by atoms with Gasteiger partial charge in [0.05, 0.1) is 36.3 Å². The number of benzene rings is 2. The molecule has 4 rings (SSSR count). The lowest BCUT2D eigenvalue weighted by atomic mass is 10.1. The molecule has 1 aliphatic rings. The Bertz CT molecular complexity index is 1270. The number of fused-ring (bicyclic) bond motifs is 1. The van der Waals surface area contributed by atoms with E-state index in [9.17, 15) is 19.7 Å². The lowest BCUT2D eigenvalue weighted by Crippen LogP contribution is -2.19. The molecule has 13 nitrogen and oxygen atoms in total. The number of hydrogen-bond acceptors (Lipinski definition) is 11. The normalized spacial score (nSPS) is 11.9. The van der Waals surface area contributed by atoms with Gasteiger partial charge >= 0.3 is 0 Å². The van der Waals surface area contributed by atoms with Crippen LogP contribution >= 0.6 is 11.3 Å². The van der Waals surface area contributed by atoms with Crippen LogP contribution in [0.5, 0.6) is 17.2 Å². The van der Waals surface area contributed by atoms with Gasteiger partial charge in [0.25, 0.3) is 11.6 Å². The molecular formula is C20H16N6O7S. The molecule has 0 fully saturated rings. The third kappa shape index (κ3) is 5.24. The molecule has 2 amide bonds. The average molecular weight is 484 g/mol. The van der Waals surface area contributed by atoms with Gasteiger partial charge in [0, 0.05) is 5.56 Å². The van der Waals surface area contributed by atoms with E-state index < -0.39 is 10.8 Å². The molecule has 3 aromatic rings. The number of nitrogens with zero attached hydrogens (tertiary/aromatic N) is 4. The highest BCUT2D eigenvalue weighted by molar-refractivity contribution is 7.15. The number of nitrogens with one attached hydrogen (secondary N) is 2. The van der Waals surface area contributed by atoms with Crippen LogP contribution in [0.25, 0.3) is 0 Å². The second kappa shape index (κ2) is 9.91. The summed E-state index contributed by atoms with van der Waals surface area (Å²) >= 11 is 1.03. The molecule has 0 radical (unpaired) electrons. The summed E-state index contributed by atoms with van der Waals surface area (Å²) in [5.74, 6) is 0.320. The van der Waals surface area contributed by atoms with Gasteiger partial charge in [-0.3, -0.25) is 25.0 Å². The molecule has 34 heavy (non-hydrogen) atoms. The maximum Gasteiger partial charge on any atom is 0.282 e. The summed E-state index contributed by atoms with van der Waals surface area (Å²) < 4.78 is 15.4. The van der Waals surface area contributed by atoms with Crippen LogP contribution in [0.4, 0.5) is 10.8 Å². The van der Waals surface area contributed by atoms with Crippen LogP contribution < -0.4 is 25.0 Å². The van der Waals surface area contributed by atoms with E-state index in [1.165, 1.54) is 19.2 Å². The third-order valence-electron chi connectivity index (χ3n) is 4.46. The van der Waals surface area contributed by atoms with Crippen molar-refractivity contribution in [2.45, 2.75) is 6.42 Å². The minimum atomic E-state index is -0.589. The fraction of sp³-hybridized carbons (Fsp3) is 0.150. The predicted molar refractivity (Wildman–Crippen MR) is 120 cm³/mol. The Morgan fingerprint density at radius 3 is 2.68 bits per heavy atom. The first-order valence-electron chi connectivity index (χ1n) is 9.60. The highest BCUT2D eigenvalue weighted by atomic mass is 32.1. The van der Waals surface area contributed by atoms with E-state index in [4.69, 9.17) is 14.2 Å². The Labute approximate surface area is 195 Å². The Kier molecular flexibility index (Phi) is 6.59. The average Bonchev–Trinajstić information content (AvgIpc) is 3.47. The first kappa shape index (κ1) is 22.6. The number of rotatable bonds is 8. The van der Waals surface area contributed by atoms with E-state index in [0.29, 0.717) is 22.1 Å². The summed E-state index contributed by atoms with van der Waals surface area (Å²) in [6, 6.07) is 9.15. The van der Waals surface area contributed by atoms with E-state index in [0.717, 1.165) is 17.6 Å². The predicted octanol–water partition coefficient (Wildman–Crippen LogP) is 2.13. The molecule has 0 saturated carbocycles. The van der Waals surface area contributed by atoms with Crippen LogP contribution in [0.15, 0.2) is 41.5 Å². The summed E-state index contributed by atoms with van der Waals surface area (Å²) in [4.78, 5) is 35.1. The lowest BCUT2D eigenvalue weighted by Gasteiger charge is -2.02. The van der Waals surface area contributed by atoms with Crippen molar-refractivity contribution in [3.8, 4) is 17.2 Å². The highest BCUT2D eigenvalue weighted by Gasteiger charge is 2.22. The van der Waals surface area contributed by atoms with Crippen LogP contribution in [0.2, 0.25) is 0 Å². The number of methoxy groups -OCH3 is 1. The molecule has 174 valence electrons. The van der Waals surface area contributed by atoms with Gasteiger partial charge in [-0.15, -0.1) is 10.2 Å². The van der Waals surface area contributed by atoms with Crippen LogP contribution in [0.1, 0.15) is 20.9 Å². The fourth-order valence-electron chi connectivity index (χ4n) is 2.85. The summed E-state index contributed by atoms with van der Waals surface area (Å²) in [5.41, 5.74) is 2.57. The smallest absolute Gasteiger partial charge is 0.282 e. The maximum absolute atomic E-state index is 12.3. The van der Waals surface area contributed by atoms with E-state index in [-0.39, 0.29) is 41.3 Å². The Balaban J connectivity index is 1.33. The van der Waals surface area contributed by atoms with Gasteiger partial charge in [-0.05, 0) is 30.3 Å². The van der Waals surface area contributed by atoms with E-state index >= 15 is 0 Å². The molecular weight excluding hydrogens is 468 g/mol. The van der Waals surface area contributed by atoms with Crippen LogP contribution in [0.3, 0.4) is 0 Å². The zero-order valence-electron chi connectivity index (χ0n) is 17.5. The summed E-state index contributed by atoms with van der Waals surface area (Å²) in [6.07, 6.45) is 0.981. The number of hydrogen-bond donors (Lipinski definition) is 2. The molecule has 1 aromatic heterocycles. The van der Waals surface area contributed by atoms with E-state index in [1.807, 2.05) is 0 Å². The molecule has 14 heteroatoms. The monoisotopic (exact) mass is 484 g/mol. The van der Waals surface area contributed by atoms with Crippen LogP contribution in [-0.2, 0) is 11.2 Å². The second-order valence-electron chi connectivity index (χ2n) is 6.67. The van der Waals surface area contributed by atoms with Crippen molar-refractivity contribution in [2.24, 2.45) is 5.10 Å². The standard InChI is InChI=1S/C20H16N6O7S/c1-31-13-4-2-11(3-5-13)19(28)22-20-25-24-18(34-20)8-17(27)23-21-9-12-6-15-16(33-10-32-15)7-14(12)26(29)30/h2-7,9H,8,10H2,1H3,(H,23,27)(H,22,25,28). The molecule has 2 heterocycles. The largest absolute Gasteiger partial charge is 0.497 e. The van der Waals surface area contributed by atoms with Crippen molar-refractivity contribution in [1.29, 1.82) is 0 Å². The van der Waals surface area contributed by atoms with Gasteiger partial charge in [-0.25, -0.2) is 5.43 Å². The van der Waals surface area contributed by atoms with Gasteiger partial charge in [0.2, 0.25) is 17.8 Å². The Morgan fingerprint density at radius 2 is 1.97 bits per heavy atom. The van der Waals surface area contributed by atoms with Gasteiger partial charge in [-0.2, -0.15) is 5.10 Å². The summed E-state index contributed by atoms with van der Waals surface area (Å²) in [5, 5.41) is 25.9. The molecule has 0 bridgehead atoms. The molecule has 0 atom stereocenters. The minimum absolute atomic E-state index is 0.0335. The number of nitro benzene ring substituents is 1. The number of ether oxygens (including phenoxy) is 3. The van der Waals surface area contributed by atoms with Crippen molar-refractivity contribution in [1.82, 2.24) is 15.6 Å². The van der Waals surface area contributed by atoms with Gasteiger partial charge in [0.1, 0.15) is 10.8 Å². The van der Waals surface area contributed by atoms with Gasteiger partial charge in [-0.1, -0.05) is 11.3 Å². The second-order valence-corrected chi connectivity index (χ2v) is 7.74. The first-order chi connectivity index (χ1) is 16.4. The summed E-state index contributed by atoms with van der Waals surface area (Å²) in [7, 11) is 1.53. The summed E-state index contributed by atoms with van der Waals surface area (Å²) in [6.45, 7) is -0.0335. The molecule has 0 saturated heterocycles. The van der Waals surface area contributed by atoms with Crippen molar-refractivity contribution in [3.63, 3.8) is 0 Å². The van der Waals surface area contributed by atoms with Crippen LogP contribution in [0, 0.1) is 10.1 Å². The molecule has 2 aromatic carbocycles. The van der Waals surface area contributed by atoms with Crippen molar-refractivity contribution in [3.05, 3.63) is 62.6 Å². The van der Waals surface area contributed by atoms with Crippen LogP contribution in [-0.4, -0.2) is 47.1 Å². The van der Waals surface area contributed by atoms with E-state index in [1.54, 1.807) is 24.3 Å². The number of carbonyl (C=O) groups excluding carboxylic acids is 2. The first-order valence-corrected chi connectivity index (χ1v) is 10.4. The number of anilines is 1. The molecule has 0 unspecified atom stereocenters. The van der Waals surface area contributed by atoms with Crippen molar-refractivity contribution < 1.29 is 28.7 Å². The topological polar surface area (TPSA) is 167 Å². The number of aromatic nitrogens is 2. The molecule has 2 N–H and O–H groups in total. The van der Waals surface area contributed by atoms with Crippen molar-refractivity contribution in [2.75, 3.05) is 19.2 Å². The van der Waals surface area contributed by atoms with Crippen molar-refractivity contribution >= 4 is 40.2 Å². The van der Waals surface area contributed by atoms with Gasteiger partial charge < -0.3 is 14.2 Å². The Hall–Kier alpha value is -4.59.